The van der Waals surface area contributed by atoms with Gasteiger partial charge in [-0.25, -0.2) is 4.98 Å². The number of pyridine rings is 1. The monoisotopic (exact) mass is 437 g/mol. The summed E-state index contributed by atoms with van der Waals surface area (Å²) in [6.45, 7) is 2.44. The summed E-state index contributed by atoms with van der Waals surface area (Å²) in [5, 5.41) is 19.1. The third-order valence-electron chi connectivity index (χ3n) is 5.26. The molecule has 1 saturated heterocycles. The third-order valence-corrected chi connectivity index (χ3v) is 5.49. The highest BCUT2D eigenvalue weighted by Crippen LogP contribution is 2.19. The van der Waals surface area contributed by atoms with Crippen LogP contribution in [0, 0.1) is 5.41 Å². The van der Waals surface area contributed by atoms with E-state index in [1.54, 1.807) is 23.9 Å². The molecule has 0 radical (unpaired) electrons. The Kier molecular flexibility index (Phi) is 6.18. The smallest absolute Gasteiger partial charge is 0.262 e. The maximum atomic E-state index is 12.7. The van der Waals surface area contributed by atoms with Crippen molar-refractivity contribution < 1.29 is 4.79 Å². The molecule has 0 aliphatic carbocycles. The quantitative estimate of drug-likeness (QED) is 0.403. The Labute approximate surface area is 185 Å². The summed E-state index contributed by atoms with van der Waals surface area (Å²) < 4.78 is 1.63. The van der Waals surface area contributed by atoms with E-state index in [-0.39, 0.29) is 5.91 Å². The minimum Gasteiger partial charge on any atom is -0.366 e. The highest BCUT2D eigenvalue weighted by molar-refractivity contribution is 6.30. The second-order valence-corrected chi connectivity index (χ2v) is 7.88. The molecule has 160 valence electrons. The van der Waals surface area contributed by atoms with Crippen molar-refractivity contribution in [1.29, 1.82) is 5.41 Å². The second kappa shape index (κ2) is 9.18. The van der Waals surface area contributed by atoms with Crippen molar-refractivity contribution in [3.05, 3.63) is 70.5 Å². The number of likely N-dealkylation sites (tertiary alicyclic amines) is 1. The van der Waals surface area contributed by atoms with E-state index < -0.39 is 0 Å². The largest absolute Gasteiger partial charge is 0.366 e. The van der Waals surface area contributed by atoms with Crippen molar-refractivity contribution in [1.82, 2.24) is 19.7 Å². The molecule has 2 aromatic heterocycles. The zero-order chi connectivity index (χ0) is 21.8. The molecular formula is C22H24ClN7O. The summed E-state index contributed by atoms with van der Waals surface area (Å²) >= 11 is 5.84. The fraction of sp³-hybridized carbons (Fsp3) is 0.273. The molecule has 8 nitrogen and oxygen atoms in total. The number of nitrogens with zero attached hydrogens (tertiary/aromatic N) is 4. The van der Waals surface area contributed by atoms with E-state index in [1.165, 1.54) is 12.4 Å². The highest BCUT2D eigenvalue weighted by atomic mass is 35.5. The van der Waals surface area contributed by atoms with Gasteiger partial charge in [0.25, 0.3) is 5.91 Å². The van der Waals surface area contributed by atoms with Crippen LogP contribution in [0.2, 0.25) is 5.02 Å². The fourth-order valence-electron chi connectivity index (χ4n) is 3.54. The molecule has 1 aliphatic rings. The summed E-state index contributed by atoms with van der Waals surface area (Å²) in [6.07, 6.45) is 5.30. The predicted molar refractivity (Wildman–Crippen MR) is 122 cm³/mol. The van der Waals surface area contributed by atoms with Gasteiger partial charge in [-0.05, 0) is 30.5 Å². The van der Waals surface area contributed by atoms with Crippen LogP contribution in [0.15, 0.2) is 48.8 Å². The molecule has 4 rings (SSSR count). The van der Waals surface area contributed by atoms with Crippen molar-refractivity contribution in [3.63, 3.8) is 0 Å². The highest BCUT2D eigenvalue weighted by Gasteiger charge is 2.18. The number of amides is 1. The summed E-state index contributed by atoms with van der Waals surface area (Å²) in [5.41, 5.74) is 2.39. The lowest BCUT2D eigenvalue weighted by molar-refractivity contribution is 0.102. The SMILES string of the molecule is Cn1ncc(C(=O)Nc2ccc(Cl)cn2)c1NCc1ccc(C(=N)N2CCCC2)cc1. The van der Waals surface area contributed by atoms with Crippen molar-refractivity contribution in [2.24, 2.45) is 7.05 Å². The van der Waals surface area contributed by atoms with Crippen LogP contribution < -0.4 is 10.6 Å². The van der Waals surface area contributed by atoms with Gasteiger partial charge >= 0.3 is 0 Å². The van der Waals surface area contributed by atoms with Gasteiger partial charge in [-0.15, -0.1) is 0 Å². The first-order chi connectivity index (χ1) is 15.0. The Morgan fingerprint density at radius 3 is 2.55 bits per heavy atom. The molecule has 1 aromatic carbocycles. The van der Waals surface area contributed by atoms with Crippen molar-refractivity contribution in [2.75, 3.05) is 23.7 Å². The number of nitrogens with one attached hydrogen (secondary N) is 3. The van der Waals surface area contributed by atoms with Crippen LogP contribution in [-0.2, 0) is 13.6 Å². The molecule has 0 spiro atoms. The number of aromatic nitrogens is 3. The number of anilines is 2. The Morgan fingerprint density at radius 2 is 1.87 bits per heavy atom. The van der Waals surface area contributed by atoms with Crippen LogP contribution in [0.1, 0.15) is 34.3 Å². The van der Waals surface area contributed by atoms with Gasteiger partial charge in [0.2, 0.25) is 0 Å². The van der Waals surface area contributed by atoms with E-state index in [1.807, 2.05) is 24.3 Å². The van der Waals surface area contributed by atoms with Crippen LogP contribution in [0.5, 0.6) is 0 Å². The third kappa shape index (κ3) is 4.86. The maximum absolute atomic E-state index is 12.7. The molecule has 0 bridgehead atoms. The number of rotatable bonds is 6. The molecule has 0 saturated carbocycles. The maximum Gasteiger partial charge on any atom is 0.262 e. The van der Waals surface area contributed by atoms with E-state index >= 15 is 0 Å². The van der Waals surface area contributed by atoms with Crippen molar-refractivity contribution in [2.45, 2.75) is 19.4 Å². The summed E-state index contributed by atoms with van der Waals surface area (Å²) in [4.78, 5) is 18.9. The summed E-state index contributed by atoms with van der Waals surface area (Å²) in [6, 6.07) is 11.3. The first kappa shape index (κ1) is 20.9. The lowest BCUT2D eigenvalue weighted by atomic mass is 10.1. The average molecular weight is 438 g/mol. The lowest BCUT2D eigenvalue weighted by Gasteiger charge is -2.18. The normalized spacial score (nSPS) is 13.3. The van der Waals surface area contributed by atoms with Gasteiger partial charge in [-0.3, -0.25) is 14.9 Å². The van der Waals surface area contributed by atoms with Gasteiger partial charge in [-0.2, -0.15) is 5.10 Å². The standard InChI is InChI=1S/C22H24ClN7O/c1-29-21(18(14-27-29)22(31)28-19-9-8-17(23)13-25-19)26-12-15-4-6-16(7-5-15)20(24)30-10-2-3-11-30/h4-9,13-14,24,26H,2-3,10-12H2,1H3,(H,25,28,31). The van der Waals surface area contributed by atoms with Gasteiger partial charge in [0.15, 0.2) is 0 Å². The van der Waals surface area contributed by atoms with Gasteiger partial charge in [0.1, 0.15) is 23.0 Å². The van der Waals surface area contributed by atoms with Crippen LogP contribution in [0.3, 0.4) is 0 Å². The van der Waals surface area contributed by atoms with Gasteiger partial charge in [-0.1, -0.05) is 35.9 Å². The van der Waals surface area contributed by atoms with Crippen LogP contribution in [0.25, 0.3) is 0 Å². The molecule has 3 aromatic rings. The van der Waals surface area contributed by atoms with Gasteiger partial charge < -0.3 is 15.5 Å². The van der Waals surface area contributed by atoms with E-state index in [9.17, 15) is 4.79 Å². The van der Waals surface area contributed by atoms with E-state index in [0.717, 1.165) is 37.1 Å². The number of halogens is 1. The average Bonchev–Trinajstić information content (AvgIpc) is 3.44. The predicted octanol–water partition coefficient (Wildman–Crippen LogP) is 3.75. The molecule has 1 amide bonds. The molecule has 3 N–H and O–H groups in total. The molecule has 0 unspecified atom stereocenters. The molecule has 31 heavy (non-hydrogen) atoms. The molecular weight excluding hydrogens is 414 g/mol. The Morgan fingerprint density at radius 1 is 1.13 bits per heavy atom. The number of hydrogen-bond donors (Lipinski definition) is 3. The zero-order valence-electron chi connectivity index (χ0n) is 17.2. The second-order valence-electron chi connectivity index (χ2n) is 7.44. The molecule has 1 aliphatic heterocycles. The van der Waals surface area contributed by atoms with Gasteiger partial charge in [0, 0.05) is 38.4 Å². The molecule has 0 atom stereocenters. The zero-order valence-corrected chi connectivity index (χ0v) is 18.0. The number of carbonyl (C=O) groups excluding carboxylic acids is 1. The van der Waals surface area contributed by atoms with Crippen molar-refractivity contribution in [3.8, 4) is 0 Å². The molecule has 3 heterocycles. The Hall–Kier alpha value is -3.39. The summed E-state index contributed by atoms with van der Waals surface area (Å²) in [7, 11) is 1.78. The minimum absolute atomic E-state index is 0.306. The van der Waals surface area contributed by atoms with E-state index in [2.05, 4.69) is 25.6 Å². The lowest BCUT2D eigenvalue weighted by Crippen LogP contribution is -2.27. The van der Waals surface area contributed by atoms with Crippen LogP contribution in [0.4, 0.5) is 11.6 Å². The Balaban J connectivity index is 1.40. The van der Waals surface area contributed by atoms with Crippen molar-refractivity contribution >= 4 is 35.0 Å². The Bertz CT molecular complexity index is 1070. The number of hydrogen-bond acceptors (Lipinski definition) is 5. The number of carbonyl (C=O) groups is 1. The minimum atomic E-state index is -0.306. The first-order valence-electron chi connectivity index (χ1n) is 10.1. The number of amidine groups is 1. The number of aryl methyl sites for hydroxylation is 1. The fourth-order valence-corrected chi connectivity index (χ4v) is 3.65. The molecule has 1 fully saturated rings. The van der Waals surface area contributed by atoms with Crippen LogP contribution in [-0.4, -0.2) is 44.5 Å². The molecule has 9 heteroatoms. The topological polar surface area (TPSA) is 98.9 Å². The number of benzene rings is 1. The van der Waals surface area contributed by atoms with E-state index in [4.69, 9.17) is 17.0 Å². The van der Waals surface area contributed by atoms with Gasteiger partial charge in [0.05, 0.1) is 11.2 Å². The first-order valence-corrected chi connectivity index (χ1v) is 10.5. The summed E-state index contributed by atoms with van der Waals surface area (Å²) in [5.74, 6) is 1.30. The van der Waals surface area contributed by atoms with E-state index in [0.29, 0.717) is 34.6 Å². The van der Waals surface area contributed by atoms with Crippen LogP contribution >= 0.6 is 11.6 Å².